The maximum Gasteiger partial charge on any atom is 0.236 e. The van der Waals surface area contributed by atoms with Crippen LogP contribution in [0.5, 0.6) is 5.75 Å². The molecule has 11 heteroatoms. The summed E-state index contributed by atoms with van der Waals surface area (Å²) in [5.74, 6) is 0.437. The normalized spacial score (nSPS) is 16.4. The van der Waals surface area contributed by atoms with E-state index in [4.69, 9.17) is 10.5 Å². The van der Waals surface area contributed by atoms with Crippen LogP contribution < -0.4 is 26.0 Å². The summed E-state index contributed by atoms with van der Waals surface area (Å²) in [4.78, 5) is 23.3. The van der Waals surface area contributed by atoms with Crippen molar-refractivity contribution in [2.45, 2.75) is 44.8 Å². The van der Waals surface area contributed by atoms with Gasteiger partial charge in [-0.25, -0.2) is 14.4 Å². The molecule has 0 aliphatic carbocycles. The van der Waals surface area contributed by atoms with Gasteiger partial charge in [-0.1, -0.05) is 6.92 Å². The molecule has 1 fully saturated rings. The van der Waals surface area contributed by atoms with Gasteiger partial charge in [0.1, 0.15) is 6.33 Å². The second-order valence-electron chi connectivity index (χ2n) is 7.74. The van der Waals surface area contributed by atoms with E-state index < -0.39 is 5.82 Å². The Morgan fingerprint density at radius 2 is 2.18 bits per heavy atom. The Hall–Kier alpha value is -3.60. The van der Waals surface area contributed by atoms with Gasteiger partial charge in [-0.05, 0) is 44.0 Å². The lowest BCUT2D eigenvalue weighted by molar-refractivity contribution is 0.386. The first-order valence-corrected chi connectivity index (χ1v) is 11.0. The number of nitrogen functional groups attached to an aromatic ring is 1. The minimum Gasteiger partial charge on any atom is -0.494 e. The Labute approximate surface area is 191 Å². The Bertz CT molecular complexity index is 1060. The van der Waals surface area contributed by atoms with E-state index in [0.29, 0.717) is 24.1 Å². The maximum atomic E-state index is 14.7. The predicted octanol–water partition coefficient (Wildman–Crippen LogP) is 2.67. The van der Waals surface area contributed by atoms with Crippen LogP contribution in [0.4, 0.5) is 27.9 Å². The summed E-state index contributed by atoms with van der Waals surface area (Å²) in [6.45, 7) is 3.43. The molecule has 2 atom stereocenters. The number of aromatic nitrogens is 5. The van der Waals surface area contributed by atoms with Crippen LogP contribution in [0.3, 0.4) is 0 Å². The van der Waals surface area contributed by atoms with E-state index in [1.165, 1.54) is 19.5 Å². The van der Waals surface area contributed by atoms with E-state index >= 15 is 0 Å². The second-order valence-corrected chi connectivity index (χ2v) is 7.74. The lowest BCUT2D eigenvalue weighted by Gasteiger charge is -2.35. The molecule has 1 aromatic carbocycles. The summed E-state index contributed by atoms with van der Waals surface area (Å²) < 4.78 is 19.8. The quantitative estimate of drug-likeness (QED) is 0.445. The Morgan fingerprint density at radius 3 is 2.85 bits per heavy atom. The smallest absolute Gasteiger partial charge is 0.236 e. The van der Waals surface area contributed by atoms with Gasteiger partial charge in [-0.15, -0.1) is 0 Å². The molecule has 33 heavy (non-hydrogen) atoms. The van der Waals surface area contributed by atoms with Crippen LogP contribution in [0, 0.1) is 5.82 Å². The summed E-state index contributed by atoms with van der Waals surface area (Å²) in [7, 11) is 1.44. The van der Waals surface area contributed by atoms with Crippen LogP contribution >= 0.6 is 0 Å². The number of nitrogens with one attached hydrogen (secondary N) is 2. The number of benzene rings is 1. The van der Waals surface area contributed by atoms with Crippen LogP contribution in [0.2, 0.25) is 0 Å². The van der Waals surface area contributed by atoms with E-state index in [-0.39, 0.29) is 23.8 Å². The number of hydrogen-bond donors (Lipinski definition) is 3. The van der Waals surface area contributed by atoms with E-state index in [9.17, 15) is 4.39 Å². The predicted molar refractivity (Wildman–Crippen MR) is 124 cm³/mol. The molecule has 4 N–H and O–H groups in total. The molecule has 3 heterocycles. The Balaban J connectivity index is 1.71. The molecule has 4 rings (SSSR count). The van der Waals surface area contributed by atoms with Crippen molar-refractivity contribution < 1.29 is 9.13 Å². The summed E-state index contributed by atoms with van der Waals surface area (Å²) in [6.07, 6.45) is 6.02. The fraction of sp³-hybridized carbons (Fsp3) is 0.409. The molecule has 10 nitrogen and oxygen atoms in total. The van der Waals surface area contributed by atoms with Crippen molar-refractivity contribution in [3.63, 3.8) is 0 Å². The van der Waals surface area contributed by atoms with Crippen LogP contribution in [-0.2, 0) is 6.54 Å². The number of ether oxygens (including phenoxy) is 1. The lowest BCUT2D eigenvalue weighted by Crippen LogP contribution is -2.46. The van der Waals surface area contributed by atoms with E-state index in [0.717, 1.165) is 31.5 Å². The first-order valence-electron chi connectivity index (χ1n) is 11.0. The van der Waals surface area contributed by atoms with Crippen molar-refractivity contribution >= 4 is 23.5 Å². The van der Waals surface area contributed by atoms with Crippen LogP contribution in [0.1, 0.15) is 31.9 Å². The first kappa shape index (κ1) is 22.6. The average Bonchev–Trinajstić information content (AvgIpc) is 3.36. The van der Waals surface area contributed by atoms with Crippen molar-refractivity contribution in [3.05, 3.63) is 48.3 Å². The fourth-order valence-electron chi connectivity index (χ4n) is 4.11. The van der Waals surface area contributed by atoms with Crippen molar-refractivity contribution in [2.75, 3.05) is 29.6 Å². The van der Waals surface area contributed by atoms with Gasteiger partial charge in [0.05, 0.1) is 25.4 Å². The number of halogens is 1. The van der Waals surface area contributed by atoms with Gasteiger partial charge < -0.3 is 26.0 Å². The number of nitrogens with zero attached hydrogens (tertiary/aromatic N) is 6. The third-order valence-electron chi connectivity index (χ3n) is 5.65. The lowest BCUT2D eigenvalue weighted by atomic mass is 10.0. The number of rotatable bonds is 9. The summed E-state index contributed by atoms with van der Waals surface area (Å²) in [5, 5.41) is 6.68. The van der Waals surface area contributed by atoms with Crippen molar-refractivity contribution in [1.29, 1.82) is 0 Å². The molecule has 0 bridgehead atoms. The molecule has 0 saturated carbocycles. The van der Waals surface area contributed by atoms with Gasteiger partial charge >= 0.3 is 0 Å². The molecule has 0 amide bonds. The number of hydrogen-bond acceptors (Lipinski definition) is 10. The second kappa shape index (κ2) is 10.3. The van der Waals surface area contributed by atoms with Gasteiger partial charge in [0.25, 0.3) is 0 Å². The molecule has 2 unspecified atom stereocenters. The largest absolute Gasteiger partial charge is 0.494 e. The number of methoxy groups -OCH3 is 1. The van der Waals surface area contributed by atoms with Crippen molar-refractivity contribution in [3.8, 4) is 5.75 Å². The first-order chi connectivity index (χ1) is 16.1. The summed E-state index contributed by atoms with van der Waals surface area (Å²) >= 11 is 0. The topological polar surface area (TPSA) is 127 Å². The van der Waals surface area contributed by atoms with Crippen molar-refractivity contribution in [1.82, 2.24) is 30.2 Å². The minimum absolute atomic E-state index is 0.0168. The number of nitrogens with two attached hydrogens (primary N) is 1. The molecule has 174 valence electrons. The SMILES string of the molecule is CCC(C1CCCN1)N(c1ccc(OC)c(F)c1)c1nc(N)nc(NCc2ccncn2)n1. The molecular formula is C22H28FN9O. The van der Waals surface area contributed by atoms with Gasteiger partial charge in [0.2, 0.25) is 17.8 Å². The Kier molecular flexibility index (Phi) is 7.08. The average molecular weight is 454 g/mol. The van der Waals surface area contributed by atoms with Gasteiger partial charge in [0.15, 0.2) is 11.6 Å². The zero-order valence-electron chi connectivity index (χ0n) is 18.7. The zero-order chi connectivity index (χ0) is 23.2. The third-order valence-corrected chi connectivity index (χ3v) is 5.65. The van der Waals surface area contributed by atoms with Gasteiger partial charge in [-0.3, -0.25) is 0 Å². The van der Waals surface area contributed by atoms with E-state index in [1.54, 1.807) is 24.4 Å². The van der Waals surface area contributed by atoms with E-state index in [2.05, 4.69) is 42.5 Å². The van der Waals surface area contributed by atoms with Gasteiger partial charge in [0, 0.05) is 24.0 Å². The molecule has 3 aromatic rings. The van der Waals surface area contributed by atoms with Gasteiger partial charge in [-0.2, -0.15) is 15.0 Å². The summed E-state index contributed by atoms with van der Waals surface area (Å²) in [6, 6.07) is 6.82. The fourth-order valence-corrected chi connectivity index (χ4v) is 4.11. The van der Waals surface area contributed by atoms with Crippen molar-refractivity contribution in [2.24, 2.45) is 0 Å². The standard InChI is InChI=1S/C22H28FN9O/c1-3-18(17-5-4-9-26-17)32(15-6-7-19(33-2)16(23)11-15)22-30-20(24)29-21(31-22)27-12-14-8-10-25-13-28-14/h6-8,10-11,13,17-18,26H,3-5,9,12H2,1-2H3,(H3,24,27,29,30,31). The zero-order valence-corrected chi connectivity index (χ0v) is 18.7. The molecule has 2 aromatic heterocycles. The molecule has 1 aliphatic rings. The summed E-state index contributed by atoms with van der Waals surface area (Å²) in [5.41, 5.74) is 7.44. The Morgan fingerprint density at radius 1 is 1.30 bits per heavy atom. The highest BCUT2D eigenvalue weighted by molar-refractivity contribution is 5.61. The highest BCUT2D eigenvalue weighted by Gasteiger charge is 2.32. The van der Waals surface area contributed by atoms with Crippen LogP contribution in [0.25, 0.3) is 0 Å². The number of anilines is 4. The monoisotopic (exact) mass is 453 g/mol. The molecule has 1 aliphatic heterocycles. The highest BCUT2D eigenvalue weighted by atomic mass is 19.1. The van der Waals surface area contributed by atoms with Crippen LogP contribution in [-0.4, -0.2) is 50.7 Å². The van der Waals surface area contributed by atoms with Crippen LogP contribution in [0.15, 0.2) is 36.8 Å². The minimum atomic E-state index is -0.460. The molecule has 0 radical (unpaired) electrons. The maximum absolute atomic E-state index is 14.7. The molecule has 1 saturated heterocycles. The third kappa shape index (κ3) is 5.25. The molecule has 0 spiro atoms. The molecular weight excluding hydrogens is 425 g/mol. The highest BCUT2D eigenvalue weighted by Crippen LogP contribution is 2.33. The van der Waals surface area contributed by atoms with E-state index in [1.807, 2.05) is 4.90 Å².